The Kier molecular flexibility index (Phi) is 3.60. The minimum Gasteiger partial charge on any atom is -0.462 e. The number of hydrogen-bond acceptors (Lipinski definition) is 1. The van der Waals surface area contributed by atoms with E-state index < -0.39 is 0 Å². The van der Waals surface area contributed by atoms with Crippen molar-refractivity contribution in [2.24, 2.45) is 0 Å². The highest BCUT2D eigenvalue weighted by atomic mass is 16.3. The first-order valence-electron chi connectivity index (χ1n) is 15.3. The van der Waals surface area contributed by atoms with Crippen molar-refractivity contribution in [3.63, 3.8) is 0 Å². The van der Waals surface area contributed by atoms with Crippen molar-refractivity contribution in [1.29, 1.82) is 0 Å². The molecule has 0 radical (unpaired) electrons. The Labute approximate surface area is 251 Å². The number of rotatable bonds is 0. The van der Waals surface area contributed by atoms with E-state index in [-0.39, 0.29) is 6.71 Å². The van der Waals surface area contributed by atoms with E-state index in [0.717, 1.165) is 11.1 Å². The molecule has 7 aromatic carbocycles. The van der Waals surface area contributed by atoms with Gasteiger partial charge in [0.1, 0.15) is 0 Å². The summed E-state index contributed by atoms with van der Waals surface area (Å²) < 4.78 is 11.1. The number of fused-ring (bicyclic) bond motifs is 17. The molecule has 0 aliphatic carbocycles. The van der Waals surface area contributed by atoms with Crippen molar-refractivity contribution in [3.8, 4) is 11.4 Å². The first kappa shape index (κ1) is 21.9. The summed E-state index contributed by atoms with van der Waals surface area (Å²) in [5, 5.41) is 11.8. The van der Waals surface area contributed by atoms with Crippen LogP contribution >= 0.6 is 0 Å². The van der Waals surface area contributed by atoms with Gasteiger partial charge in [-0.2, -0.15) is 0 Å². The molecular weight excluding hydrogens is 535 g/mol. The van der Waals surface area contributed by atoms with Crippen LogP contribution in [0, 0.1) is 0 Å². The van der Waals surface area contributed by atoms with Gasteiger partial charge in [-0.25, -0.2) is 0 Å². The van der Waals surface area contributed by atoms with Crippen LogP contribution in [-0.2, 0) is 0 Å². The third kappa shape index (κ3) is 2.26. The minimum atomic E-state index is 0.102. The third-order valence-electron chi connectivity index (χ3n) is 10.5. The van der Waals surface area contributed by atoms with Gasteiger partial charge < -0.3 is 13.6 Å². The van der Waals surface area contributed by atoms with Crippen LogP contribution in [0.2, 0.25) is 0 Å². The van der Waals surface area contributed by atoms with E-state index >= 15 is 0 Å². The lowest BCUT2D eigenvalue weighted by Gasteiger charge is -2.33. The molecule has 12 rings (SSSR count). The van der Waals surface area contributed by atoms with Crippen LogP contribution in [0.1, 0.15) is 0 Å². The Morgan fingerprint density at radius 2 is 1.09 bits per heavy atom. The summed E-state index contributed by atoms with van der Waals surface area (Å²) in [6, 6.07) is 45.2. The van der Waals surface area contributed by atoms with Gasteiger partial charge in [-0.1, -0.05) is 91.0 Å². The van der Waals surface area contributed by atoms with Crippen LogP contribution in [0.5, 0.6) is 0 Å². The summed E-state index contributed by atoms with van der Waals surface area (Å²) in [4.78, 5) is 0. The molecule has 5 heterocycles. The van der Waals surface area contributed by atoms with E-state index in [0.29, 0.717) is 0 Å². The molecule has 44 heavy (non-hydrogen) atoms. The summed E-state index contributed by atoms with van der Waals surface area (Å²) in [5.41, 5.74) is 12.5. The summed E-state index contributed by atoms with van der Waals surface area (Å²) in [5.74, 6) is 0. The Bertz CT molecular complexity index is 2960. The smallest absolute Gasteiger partial charge is 0.252 e. The van der Waals surface area contributed by atoms with Gasteiger partial charge in [0.05, 0.1) is 28.3 Å². The van der Waals surface area contributed by atoms with Crippen molar-refractivity contribution >= 4 is 99.2 Å². The zero-order valence-corrected chi connectivity index (χ0v) is 23.5. The fourth-order valence-corrected chi connectivity index (χ4v) is 9.03. The predicted octanol–water partition coefficient (Wildman–Crippen LogP) is 8.08. The van der Waals surface area contributed by atoms with Gasteiger partial charge in [0.25, 0.3) is 6.71 Å². The van der Waals surface area contributed by atoms with Gasteiger partial charge in [-0.3, -0.25) is 0 Å². The number of nitrogens with zero attached hydrogens (tertiary/aromatic N) is 2. The largest absolute Gasteiger partial charge is 0.462 e. The third-order valence-corrected chi connectivity index (χ3v) is 10.5. The molecule has 4 heteroatoms. The molecule has 2 aliphatic heterocycles. The summed E-state index contributed by atoms with van der Waals surface area (Å²) >= 11 is 0. The van der Waals surface area contributed by atoms with Crippen LogP contribution < -0.4 is 16.4 Å². The lowest BCUT2D eigenvalue weighted by Crippen LogP contribution is -2.59. The summed E-state index contributed by atoms with van der Waals surface area (Å²) in [6.45, 7) is 0.102. The monoisotopic (exact) mass is 556 g/mol. The number of aromatic nitrogens is 2. The molecule has 3 aromatic heterocycles. The average Bonchev–Trinajstić information content (AvgIpc) is 3.78. The molecule has 200 valence electrons. The van der Waals surface area contributed by atoms with Crippen molar-refractivity contribution in [2.45, 2.75) is 0 Å². The first-order valence-corrected chi connectivity index (χ1v) is 15.3. The molecule has 0 N–H and O–H groups in total. The Morgan fingerprint density at radius 1 is 0.455 bits per heavy atom. The fraction of sp³-hybridized carbons (Fsp3) is 0. The van der Waals surface area contributed by atoms with Crippen molar-refractivity contribution in [1.82, 2.24) is 9.13 Å². The van der Waals surface area contributed by atoms with Crippen molar-refractivity contribution in [3.05, 3.63) is 128 Å². The van der Waals surface area contributed by atoms with Crippen molar-refractivity contribution < 1.29 is 4.42 Å². The predicted molar refractivity (Wildman–Crippen MR) is 185 cm³/mol. The summed E-state index contributed by atoms with van der Waals surface area (Å²) in [7, 11) is 0. The molecule has 3 nitrogen and oxygen atoms in total. The van der Waals surface area contributed by atoms with Crippen LogP contribution in [-0.4, -0.2) is 15.8 Å². The van der Waals surface area contributed by atoms with E-state index in [1.165, 1.54) is 92.8 Å². The molecule has 0 bridgehead atoms. The highest BCUT2D eigenvalue weighted by Gasteiger charge is 2.41. The standard InChI is InChI=1S/C40H21BN2O/c1-2-11-24-22(9-1)23-10-3-4-12-25(23)35-28(24)21-30-39-36(35)26-13-5-6-16-31(26)42(39)32-17-8-18-33-37(32)41(30)29-15-7-14-27-38(29)43(33)34-19-20-44-40(27)34/h1-21H. The molecule has 0 spiro atoms. The quantitative estimate of drug-likeness (QED) is 0.137. The highest BCUT2D eigenvalue weighted by Crippen LogP contribution is 2.45. The SMILES string of the molecule is c1cc2c3c(c1)-n1c4ccccc4c4c5c6ccccc6c6ccccc6c5cc(c41)B3c1cccc3c4occc4n-2c13. The Morgan fingerprint density at radius 3 is 1.91 bits per heavy atom. The molecule has 0 amide bonds. The van der Waals surface area contributed by atoms with Gasteiger partial charge in [0.2, 0.25) is 0 Å². The maximum atomic E-state index is 6.11. The molecule has 0 saturated carbocycles. The first-order chi connectivity index (χ1) is 21.9. The fourth-order valence-electron chi connectivity index (χ4n) is 9.03. The highest BCUT2D eigenvalue weighted by molar-refractivity contribution is 7.00. The van der Waals surface area contributed by atoms with Gasteiger partial charge in [-0.15, -0.1) is 0 Å². The van der Waals surface area contributed by atoms with Gasteiger partial charge in [0.15, 0.2) is 5.58 Å². The lowest BCUT2D eigenvalue weighted by atomic mass is 9.34. The van der Waals surface area contributed by atoms with Gasteiger partial charge in [0, 0.05) is 39.0 Å². The number of benzene rings is 7. The zero-order valence-electron chi connectivity index (χ0n) is 23.5. The van der Waals surface area contributed by atoms with Gasteiger partial charge in [-0.05, 0) is 67.6 Å². The zero-order chi connectivity index (χ0) is 28.3. The second kappa shape index (κ2) is 7.24. The molecule has 0 fully saturated rings. The molecule has 10 aromatic rings. The maximum Gasteiger partial charge on any atom is 0.252 e. The number of furan rings is 1. The Hall–Kier alpha value is -5.74. The van der Waals surface area contributed by atoms with Crippen molar-refractivity contribution in [2.75, 3.05) is 0 Å². The second-order valence-electron chi connectivity index (χ2n) is 12.4. The lowest BCUT2D eigenvalue weighted by molar-refractivity contribution is 0.619. The molecule has 0 unspecified atom stereocenters. The molecular formula is C40H21BN2O. The van der Waals surface area contributed by atoms with E-state index in [2.05, 4.69) is 130 Å². The van der Waals surface area contributed by atoms with Crippen LogP contribution in [0.15, 0.2) is 132 Å². The topological polar surface area (TPSA) is 23.0 Å². The van der Waals surface area contributed by atoms with Crippen LogP contribution in [0.3, 0.4) is 0 Å². The van der Waals surface area contributed by atoms with E-state index in [1.54, 1.807) is 0 Å². The summed E-state index contributed by atoms with van der Waals surface area (Å²) in [6.07, 6.45) is 1.82. The van der Waals surface area contributed by atoms with E-state index in [1.807, 2.05) is 6.26 Å². The average molecular weight is 556 g/mol. The van der Waals surface area contributed by atoms with Gasteiger partial charge >= 0.3 is 0 Å². The van der Waals surface area contributed by atoms with E-state index in [9.17, 15) is 0 Å². The normalized spacial score (nSPS) is 13.4. The number of hydrogen-bond donors (Lipinski definition) is 0. The van der Waals surface area contributed by atoms with E-state index in [4.69, 9.17) is 4.42 Å². The molecule has 0 atom stereocenters. The minimum absolute atomic E-state index is 0.102. The van der Waals surface area contributed by atoms with Crippen LogP contribution in [0.25, 0.3) is 87.5 Å². The number of para-hydroxylation sites is 2. The molecule has 0 saturated heterocycles. The maximum absolute atomic E-state index is 6.11. The van der Waals surface area contributed by atoms with Crippen LogP contribution in [0.4, 0.5) is 0 Å². The Balaban J connectivity index is 1.40. The second-order valence-corrected chi connectivity index (χ2v) is 12.4. The molecule has 2 aliphatic rings.